The largest absolute Gasteiger partial charge is 0.497 e. The monoisotopic (exact) mass is 524 g/mol. The van der Waals surface area contributed by atoms with Crippen LogP contribution in [0.4, 0.5) is 5.69 Å². The van der Waals surface area contributed by atoms with Crippen LogP contribution in [0.15, 0.2) is 64.6 Å². The minimum absolute atomic E-state index is 0.215. The summed E-state index contributed by atoms with van der Waals surface area (Å²) in [7, 11) is 3.88. The quantitative estimate of drug-likeness (QED) is 0.319. The van der Waals surface area contributed by atoms with Crippen molar-refractivity contribution < 1.29 is 9.53 Å². The van der Waals surface area contributed by atoms with Crippen LogP contribution in [0, 0.1) is 18.3 Å². The fraction of sp³-hybridized carbons (Fsp3) is 0.394. The molecule has 196 valence electrons. The molecule has 0 bridgehead atoms. The molecule has 2 heterocycles. The molecule has 0 radical (unpaired) electrons. The van der Waals surface area contributed by atoms with Gasteiger partial charge in [0.15, 0.2) is 0 Å². The first-order chi connectivity index (χ1) is 18.5. The smallest absolute Gasteiger partial charge is 0.128 e. The summed E-state index contributed by atoms with van der Waals surface area (Å²) in [6, 6.07) is 17.5. The highest BCUT2D eigenvalue weighted by Gasteiger charge is 2.56. The maximum absolute atomic E-state index is 12.6. The van der Waals surface area contributed by atoms with E-state index in [0.29, 0.717) is 12.5 Å². The Morgan fingerprint density at radius 3 is 2.66 bits per heavy atom. The van der Waals surface area contributed by atoms with Gasteiger partial charge in [-0.15, -0.1) is 0 Å². The first-order valence-electron chi connectivity index (χ1n) is 13.8. The molecule has 5 heteroatoms. The summed E-state index contributed by atoms with van der Waals surface area (Å²) in [4.78, 5) is 20.7. The number of carbonyl (C=O) groups excluding carboxylic acids is 1. The highest BCUT2D eigenvalue weighted by molar-refractivity contribution is 7.99. The predicted octanol–water partition coefficient (Wildman–Crippen LogP) is 7.79. The van der Waals surface area contributed by atoms with Gasteiger partial charge in [-0.3, -0.25) is 0 Å². The SMILES string of the molecule is COc1ccc2c(c1)C1CC1(C=O)CN(C)c1cc(Sc3ccc(C)cn3)ccc1/C(C1CCCCC1)=C/2. The topological polar surface area (TPSA) is 42.4 Å². The molecule has 3 aliphatic rings. The van der Waals surface area contributed by atoms with E-state index in [-0.39, 0.29) is 11.3 Å². The van der Waals surface area contributed by atoms with E-state index >= 15 is 0 Å². The van der Waals surface area contributed by atoms with Crippen LogP contribution in [0.2, 0.25) is 0 Å². The molecule has 38 heavy (non-hydrogen) atoms. The van der Waals surface area contributed by atoms with Crippen LogP contribution < -0.4 is 9.64 Å². The number of aromatic nitrogens is 1. The van der Waals surface area contributed by atoms with Gasteiger partial charge < -0.3 is 14.4 Å². The van der Waals surface area contributed by atoms with Crippen LogP contribution >= 0.6 is 11.8 Å². The maximum Gasteiger partial charge on any atom is 0.128 e. The second-order valence-corrected chi connectivity index (χ2v) is 12.4. The molecule has 1 aliphatic heterocycles. The third-order valence-corrected chi connectivity index (χ3v) is 9.65. The average molecular weight is 525 g/mol. The molecule has 2 unspecified atom stereocenters. The van der Waals surface area contributed by atoms with Crippen LogP contribution in [-0.4, -0.2) is 32.0 Å². The van der Waals surface area contributed by atoms with Crippen molar-refractivity contribution in [1.82, 2.24) is 4.98 Å². The highest BCUT2D eigenvalue weighted by Crippen LogP contribution is 2.60. The number of hydrogen-bond donors (Lipinski definition) is 0. The summed E-state index contributed by atoms with van der Waals surface area (Å²) in [6.07, 6.45) is 12.8. The molecule has 4 nitrogen and oxygen atoms in total. The molecule has 0 spiro atoms. The van der Waals surface area contributed by atoms with Crippen LogP contribution in [0.3, 0.4) is 0 Å². The van der Waals surface area contributed by atoms with Gasteiger partial charge in [-0.2, -0.15) is 0 Å². The molecule has 1 aromatic heterocycles. The van der Waals surface area contributed by atoms with Crippen LogP contribution in [0.5, 0.6) is 5.75 Å². The van der Waals surface area contributed by atoms with Crippen molar-refractivity contribution in [3.05, 3.63) is 77.0 Å². The van der Waals surface area contributed by atoms with Crippen molar-refractivity contribution in [3.8, 4) is 5.75 Å². The summed E-state index contributed by atoms with van der Waals surface area (Å²) in [5.74, 6) is 1.62. The normalized spacial score (nSPS) is 24.3. The van der Waals surface area contributed by atoms with E-state index < -0.39 is 0 Å². The van der Waals surface area contributed by atoms with Gasteiger partial charge in [0.25, 0.3) is 0 Å². The number of rotatable bonds is 5. The third kappa shape index (κ3) is 4.77. The van der Waals surface area contributed by atoms with Gasteiger partial charge in [0.05, 0.1) is 12.5 Å². The number of methoxy groups -OCH3 is 1. The van der Waals surface area contributed by atoms with Gasteiger partial charge in [0.1, 0.15) is 17.1 Å². The van der Waals surface area contributed by atoms with E-state index in [1.54, 1.807) is 18.9 Å². The van der Waals surface area contributed by atoms with E-state index in [4.69, 9.17) is 4.74 Å². The summed E-state index contributed by atoms with van der Waals surface area (Å²) in [6.45, 7) is 2.77. The first kappa shape index (κ1) is 25.2. The van der Waals surface area contributed by atoms with E-state index in [9.17, 15) is 4.79 Å². The minimum Gasteiger partial charge on any atom is -0.497 e. The molecule has 2 saturated carbocycles. The first-order valence-corrected chi connectivity index (χ1v) is 14.6. The summed E-state index contributed by atoms with van der Waals surface area (Å²) in [5, 5.41) is 0.996. The summed E-state index contributed by atoms with van der Waals surface area (Å²) >= 11 is 1.70. The number of anilines is 1. The number of aldehydes is 1. The lowest BCUT2D eigenvalue weighted by molar-refractivity contribution is -0.112. The summed E-state index contributed by atoms with van der Waals surface area (Å²) in [5.41, 5.74) is 7.22. The van der Waals surface area contributed by atoms with Gasteiger partial charge in [-0.05, 0) is 90.6 Å². The zero-order valence-electron chi connectivity index (χ0n) is 22.6. The van der Waals surface area contributed by atoms with E-state index in [2.05, 4.69) is 78.5 Å². The fourth-order valence-corrected chi connectivity index (χ4v) is 7.28. The Morgan fingerprint density at radius 1 is 1.08 bits per heavy atom. The third-order valence-electron chi connectivity index (χ3n) is 8.71. The lowest BCUT2D eigenvalue weighted by Gasteiger charge is -2.32. The van der Waals surface area contributed by atoms with Crippen molar-refractivity contribution in [3.63, 3.8) is 0 Å². The van der Waals surface area contributed by atoms with Gasteiger partial charge >= 0.3 is 0 Å². The molecule has 3 aromatic rings. The van der Waals surface area contributed by atoms with E-state index in [1.165, 1.54) is 71.2 Å². The Labute approximate surface area is 230 Å². The zero-order chi connectivity index (χ0) is 26.3. The van der Waals surface area contributed by atoms with Crippen LogP contribution in [0.1, 0.15) is 66.7 Å². The molecule has 0 amide bonds. The Kier molecular flexibility index (Phi) is 6.81. The Balaban J connectivity index is 1.50. The van der Waals surface area contributed by atoms with Crippen molar-refractivity contribution >= 4 is 35.4 Å². The molecule has 2 fully saturated rings. The van der Waals surface area contributed by atoms with Gasteiger partial charge in [-0.1, -0.05) is 55.3 Å². The average Bonchev–Trinajstić information content (AvgIpc) is 3.67. The van der Waals surface area contributed by atoms with Crippen molar-refractivity contribution in [2.24, 2.45) is 11.3 Å². The number of ether oxygens (including phenoxy) is 1. The highest BCUT2D eigenvalue weighted by atomic mass is 32.2. The standard InChI is InChI=1S/C33H36N2O2S/c1-22-9-14-32(34-19-22)38-26-12-13-27-28(23-7-5-4-6-8-23)15-24-10-11-25(37-3)16-29(24)30-18-33(30,21-36)20-35(2)31(27)17-26/h9-17,19,21,23,30H,4-8,18,20H2,1-3H3/b28-15+. The Bertz CT molecular complexity index is 1380. The van der Waals surface area contributed by atoms with E-state index in [1.807, 2.05) is 6.20 Å². The van der Waals surface area contributed by atoms with Crippen LogP contribution in [-0.2, 0) is 4.79 Å². The van der Waals surface area contributed by atoms with Crippen molar-refractivity contribution in [2.45, 2.75) is 61.3 Å². The number of aryl methyl sites for hydroxylation is 1. The summed E-state index contributed by atoms with van der Waals surface area (Å²) < 4.78 is 5.60. The van der Waals surface area contributed by atoms with Crippen molar-refractivity contribution in [1.29, 1.82) is 0 Å². The number of nitrogens with zero attached hydrogens (tertiary/aromatic N) is 2. The van der Waals surface area contributed by atoms with Crippen LogP contribution in [0.25, 0.3) is 11.6 Å². The molecule has 0 N–H and O–H groups in total. The van der Waals surface area contributed by atoms with Gasteiger partial charge in [0, 0.05) is 35.9 Å². The number of pyridine rings is 1. The molecule has 6 rings (SSSR count). The molecule has 2 atom stereocenters. The lowest BCUT2D eigenvalue weighted by Crippen LogP contribution is -2.30. The lowest BCUT2D eigenvalue weighted by atomic mass is 9.79. The molecule has 2 aromatic carbocycles. The number of carbonyl (C=O) groups is 1. The maximum atomic E-state index is 12.6. The second kappa shape index (κ2) is 10.3. The predicted molar refractivity (Wildman–Crippen MR) is 156 cm³/mol. The Morgan fingerprint density at radius 2 is 1.92 bits per heavy atom. The number of hydrogen-bond acceptors (Lipinski definition) is 5. The number of fused-ring (bicyclic) bond motifs is 4. The zero-order valence-corrected chi connectivity index (χ0v) is 23.4. The van der Waals surface area contributed by atoms with E-state index in [0.717, 1.165) is 22.8 Å². The van der Waals surface area contributed by atoms with Crippen molar-refractivity contribution in [2.75, 3.05) is 25.6 Å². The number of benzene rings is 2. The molecule has 2 aliphatic carbocycles. The Hall–Kier alpha value is -3.05. The fourth-order valence-electron chi connectivity index (χ4n) is 6.49. The van der Waals surface area contributed by atoms with Gasteiger partial charge in [-0.25, -0.2) is 4.98 Å². The molecular formula is C33H36N2O2S. The minimum atomic E-state index is -0.370. The molecular weight excluding hydrogens is 488 g/mol. The van der Waals surface area contributed by atoms with Gasteiger partial charge in [0.2, 0.25) is 0 Å². The molecule has 0 saturated heterocycles. The second-order valence-electron chi connectivity index (χ2n) is 11.3. The number of allylic oxidation sites excluding steroid dienone is 1.